The van der Waals surface area contributed by atoms with Gasteiger partial charge in [0.05, 0.1) is 11.0 Å². The third-order valence-electron chi connectivity index (χ3n) is 2.35. The topological polar surface area (TPSA) is 58.0 Å². The van der Waals surface area contributed by atoms with Gasteiger partial charge in [-0.05, 0) is 24.6 Å². The molecule has 0 saturated heterocycles. The van der Waals surface area contributed by atoms with Crippen molar-refractivity contribution in [3.63, 3.8) is 0 Å². The summed E-state index contributed by atoms with van der Waals surface area (Å²) in [6.45, 7) is 2.30. The highest BCUT2D eigenvalue weighted by atomic mass is 32.2. The van der Waals surface area contributed by atoms with Gasteiger partial charge in [0.2, 0.25) is 0 Å². The summed E-state index contributed by atoms with van der Waals surface area (Å²) in [5, 5.41) is 16.3. The van der Waals surface area contributed by atoms with Gasteiger partial charge in [-0.1, -0.05) is 0 Å². The summed E-state index contributed by atoms with van der Waals surface area (Å²) in [6, 6.07) is 1.99. The highest BCUT2D eigenvalue weighted by molar-refractivity contribution is 7.98. The minimum absolute atomic E-state index is 0.482. The molecule has 2 aromatic heterocycles. The maximum atomic E-state index is 10.1. The first-order chi connectivity index (χ1) is 8.12. The van der Waals surface area contributed by atoms with Crippen molar-refractivity contribution in [2.75, 3.05) is 23.9 Å². The van der Waals surface area contributed by atoms with Crippen molar-refractivity contribution in [3.8, 4) is 0 Å². The molecule has 4 nitrogen and oxygen atoms in total. The summed E-state index contributed by atoms with van der Waals surface area (Å²) in [5.74, 6) is 1.48. The Labute approximate surface area is 108 Å². The molecule has 0 spiro atoms. The van der Waals surface area contributed by atoms with Crippen LogP contribution in [0.1, 0.15) is 6.92 Å². The van der Waals surface area contributed by atoms with Crippen LogP contribution in [0.15, 0.2) is 17.8 Å². The molecule has 0 aliphatic carbocycles. The van der Waals surface area contributed by atoms with Crippen LogP contribution in [0.25, 0.3) is 10.2 Å². The van der Waals surface area contributed by atoms with Gasteiger partial charge in [-0.3, -0.25) is 0 Å². The van der Waals surface area contributed by atoms with E-state index in [2.05, 4.69) is 15.3 Å². The van der Waals surface area contributed by atoms with Crippen LogP contribution in [0.3, 0.4) is 0 Å². The van der Waals surface area contributed by atoms with E-state index in [1.807, 2.05) is 24.6 Å². The van der Waals surface area contributed by atoms with Gasteiger partial charge >= 0.3 is 0 Å². The first kappa shape index (κ1) is 12.6. The third kappa shape index (κ3) is 3.08. The van der Waals surface area contributed by atoms with E-state index >= 15 is 0 Å². The van der Waals surface area contributed by atoms with Gasteiger partial charge in [0, 0.05) is 12.3 Å². The second-order valence-electron chi connectivity index (χ2n) is 4.15. The molecule has 0 amide bonds. The van der Waals surface area contributed by atoms with Gasteiger partial charge in [0.25, 0.3) is 0 Å². The largest absolute Gasteiger partial charge is 0.387 e. The molecule has 2 aromatic rings. The lowest BCUT2D eigenvalue weighted by Gasteiger charge is -2.22. The summed E-state index contributed by atoms with van der Waals surface area (Å²) in [7, 11) is 0. The monoisotopic (exact) mass is 269 g/mol. The highest BCUT2D eigenvalue weighted by Gasteiger charge is 2.19. The minimum atomic E-state index is -0.729. The number of anilines is 1. The highest BCUT2D eigenvalue weighted by Crippen LogP contribution is 2.24. The third-order valence-corrected chi connectivity index (χ3v) is 4.09. The van der Waals surface area contributed by atoms with Crippen LogP contribution in [0.4, 0.5) is 5.82 Å². The molecular formula is C11H15N3OS2. The van der Waals surface area contributed by atoms with Gasteiger partial charge in [-0.2, -0.15) is 11.8 Å². The summed E-state index contributed by atoms with van der Waals surface area (Å²) >= 11 is 3.22. The lowest BCUT2D eigenvalue weighted by molar-refractivity contribution is 0.0996. The van der Waals surface area contributed by atoms with Crippen molar-refractivity contribution < 1.29 is 5.11 Å². The molecule has 17 heavy (non-hydrogen) atoms. The van der Waals surface area contributed by atoms with Crippen LogP contribution in [-0.2, 0) is 0 Å². The molecule has 0 fully saturated rings. The smallest absolute Gasteiger partial charge is 0.138 e. The van der Waals surface area contributed by atoms with Crippen molar-refractivity contribution in [1.82, 2.24) is 9.97 Å². The molecule has 0 bridgehead atoms. The Kier molecular flexibility index (Phi) is 3.86. The van der Waals surface area contributed by atoms with Gasteiger partial charge in [-0.15, -0.1) is 11.3 Å². The number of thioether (sulfide) groups is 1. The Morgan fingerprint density at radius 3 is 3.12 bits per heavy atom. The number of nitrogens with zero attached hydrogens (tertiary/aromatic N) is 2. The molecule has 2 heterocycles. The Balaban J connectivity index is 2.11. The fourth-order valence-corrected chi connectivity index (χ4v) is 3.02. The first-order valence-electron chi connectivity index (χ1n) is 5.26. The lowest BCUT2D eigenvalue weighted by atomic mass is 10.1. The van der Waals surface area contributed by atoms with E-state index < -0.39 is 5.60 Å². The molecule has 2 rings (SSSR count). The SMILES string of the molecule is CSCC(C)(O)CNc1ncnc2sccc12. The van der Waals surface area contributed by atoms with Crippen molar-refractivity contribution in [2.24, 2.45) is 0 Å². The molecule has 0 radical (unpaired) electrons. The van der Waals surface area contributed by atoms with E-state index in [0.717, 1.165) is 16.0 Å². The fourth-order valence-electron chi connectivity index (χ4n) is 1.57. The summed E-state index contributed by atoms with van der Waals surface area (Å²) in [5.41, 5.74) is -0.729. The van der Waals surface area contributed by atoms with Crippen LogP contribution in [0, 0.1) is 0 Å². The summed E-state index contributed by atoms with van der Waals surface area (Å²) < 4.78 is 0. The number of aromatic nitrogens is 2. The van der Waals surface area contributed by atoms with E-state index in [4.69, 9.17) is 0 Å². The maximum absolute atomic E-state index is 10.1. The predicted molar refractivity (Wildman–Crippen MR) is 74.9 cm³/mol. The van der Waals surface area contributed by atoms with E-state index in [-0.39, 0.29) is 0 Å². The van der Waals surface area contributed by atoms with Crippen LogP contribution >= 0.6 is 23.1 Å². The minimum Gasteiger partial charge on any atom is -0.387 e. The van der Waals surface area contributed by atoms with Gasteiger partial charge in [-0.25, -0.2) is 9.97 Å². The van der Waals surface area contributed by atoms with Gasteiger partial charge in [0.1, 0.15) is 17.0 Å². The fraction of sp³-hybridized carbons (Fsp3) is 0.455. The van der Waals surface area contributed by atoms with E-state index in [1.54, 1.807) is 29.4 Å². The zero-order valence-corrected chi connectivity index (χ0v) is 11.4. The molecule has 1 atom stereocenters. The van der Waals surface area contributed by atoms with Gasteiger partial charge in [0.15, 0.2) is 0 Å². The molecule has 92 valence electrons. The summed E-state index contributed by atoms with van der Waals surface area (Å²) in [6.07, 6.45) is 3.53. The van der Waals surface area contributed by atoms with Gasteiger partial charge < -0.3 is 10.4 Å². The molecule has 0 aliphatic rings. The van der Waals surface area contributed by atoms with Crippen LogP contribution in [0.2, 0.25) is 0 Å². The van der Waals surface area contributed by atoms with Crippen molar-refractivity contribution in [2.45, 2.75) is 12.5 Å². The Morgan fingerprint density at radius 1 is 1.53 bits per heavy atom. The van der Waals surface area contributed by atoms with Crippen molar-refractivity contribution in [3.05, 3.63) is 17.8 Å². The zero-order chi connectivity index (χ0) is 12.3. The van der Waals surface area contributed by atoms with Crippen molar-refractivity contribution >= 4 is 39.1 Å². The van der Waals surface area contributed by atoms with E-state index in [0.29, 0.717) is 12.3 Å². The predicted octanol–water partition coefficient (Wildman–Crippen LogP) is 2.22. The Bertz CT molecular complexity index is 498. The summed E-state index contributed by atoms with van der Waals surface area (Å²) in [4.78, 5) is 9.36. The zero-order valence-electron chi connectivity index (χ0n) is 9.80. The normalized spacial score (nSPS) is 14.8. The van der Waals surface area contributed by atoms with Crippen LogP contribution in [-0.4, -0.2) is 39.2 Å². The first-order valence-corrected chi connectivity index (χ1v) is 7.53. The van der Waals surface area contributed by atoms with Crippen molar-refractivity contribution in [1.29, 1.82) is 0 Å². The number of hydrogen-bond donors (Lipinski definition) is 2. The number of hydrogen-bond acceptors (Lipinski definition) is 6. The molecule has 2 N–H and O–H groups in total. The average Bonchev–Trinajstić information content (AvgIpc) is 2.74. The average molecular weight is 269 g/mol. The standard InChI is InChI=1S/C11H15N3OS2/c1-11(15,6-16-2)5-12-9-8-3-4-17-10(8)14-7-13-9/h3-4,7,15H,5-6H2,1-2H3,(H,12,13,14). The second kappa shape index (κ2) is 5.20. The molecule has 0 aromatic carbocycles. The molecule has 0 saturated carbocycles. The van der Waals surface area contributed by atoms with E-state index in [1.165, 1.54) is 0 Å². The van der Waals surface area contributed by atoms with E-state index in [9.17, 15) is 5.11 Å². The molecular weight excluding hydrogens is 254 g/mol. The molecule has 6 heteroatoms. The van der Waals surface area contributed by atoms with Crippen LogP contribution < -0.4 is 5.32 Å². The second-order valence-corrected chi connectivity index (χ2v) is 5.91. The molecule has 1 unspecified atom stereocenters. The number of thiophene rings is 1. The maximum Gasteiger partial charge on any atom is 0.138 e. The van der Waals surface area contributed by atoms with Crippen LogP contribution in [0.5, 0.6) is 0 Å². The Morgan fingerprint density at radius 2 is 2.35 bits per heavy atom. The lowest BCUT2D eigenvalue weighted by Crippen LogP contribution is -2.36. The number of nitrogens with one attached hydrogen (secondary N) is 1. The molecule has 0 aliphatic heterocycles. The Hall–Kier alpha value is -0.850. The number of fused-ring (bicyclic) bond motifs is 1. The number of rotatable bonds is 5. The quantitative estimate of drug-likeness (QED) is 0.871. The number of aliphatic hydroxyl groups is 1.